The van der Waals surface area contributed by atoms with E-state index in [0.717, 1.165) is 80.6 Å². The van der Waals surface area contributed by atoms with Crippen molar-refractivity contribution in [1.29, 1.82) is 0 Å². The molecule has 0 aliphatic carbocycles. The molecule has 11 heteroatoms. The third kappa shape index (κ3) is 6.98. The van der Waals surface area contributed by atoms with Gasteiger partial charge >= 0.3 is 12.2 Å². The highest BCUT2D eigenvalue weighted by Crippen LogP contribution is 2.43. The molecule has 2 aliphatic rings. The number of H-pyrrole nitrogens is 2. The van der Waals surface area contributed by atoms with Crippen LogP contribution in [-0.2, 0) is 22.6 Å². The molecule has 51 heavy (non-hydrogen) atoms. The number of nitrogens with zero attached hydrogens (tertiary/aromatic N) is 4. The van der Waals surface area contributed by atoms with Crippen LogP contribution in [-0.4, -0.2) is 65.7 Å². The number of likely N-dealkylation sites (tertiary alicyclic amines) is 1. The first-order chi connectivity index (χ1) is 24.2. The van der Waals surface area contributed by atoms with Crippen LogP contribution in [0.15, 0.2) is 48.7 Å². The fourth-order valence-corrected chi connectivity index (χ4v) is 6.90. The van der Waals surface area contributed by atoms with Crippen molar-refractivity contribution in [3.05, 3.63) is 65.9 Å². The summed E-state index contributed by atoms with van der Waals surface area (Å²) in [5.41, 5.74) is 5.74. The molecule has 1 fully saturated rings. The first-order valence-electron chi connectivity index (χ1n) is 17.9. The summed E-state index contributed by atoms with van der Waals surface area (Å²) in [4.78, 5) is 45.9. The molecule has 4 heterocycles. The molecule has 0 radical (unpaired) electrons. The first kappa shape index (κ1) is 34.4. The maximum atomic E-state index is 13.2. The molecule has 2 amide bonds. The van der Waals surface area contributed by atoms with E-state index in [1.165, 1.54) is 0 Å². The molecule has 2 N–H and O–H groups in total. The quantitative estimate of drug-likeness (QED) is 0.174. The van der Waals surface area contributed by atoms with Crippen molar-refractivity contribution >= 4 is 34.0 Å². The molecule has 3 aromatic carbocycles. The Bertz CT molecular complexity index is 2120. The van der Waals surface area contributed by atoms with Crippen LogP contribution in [0.3, 0.4) is 0 Å². The van der Waals surface area contributed by atoms with E-state index >= 15 is 0 Å². The van der Waals surface area contributed by atoms with Gasteiger partial charge < -0.3 is 24.2 Å². The molecule has 11 nitrogen and oxygen atoms in total. The number of aromatic amines is 2. The molecule has 268 valence electrons. The van der Waals surface area contributed by atoms with Gasteiger partial charge in [0.2, 0.25) is 0 Å². The van der Waals surface area contributed by atoms with Crippen LogP contribution < -0.4 is 4.74 Å². The predicted molar refractivity (Wildman–Crippen MR) is 197 cm³/mol. The highest BCUT2D eigenvalue weighted by Gasteiger charge is 2.38. The van der Waals surface area contributed by atoms with Crippen molar-refractivity contribution in [2.45, 2.75) is 111 Å². The lowest BCUT2D eigenvalue weighted by molar-refractivity contribution is -0.00728. The Morgan fingerprint density at radius 1 is 1.02 bits per heavy atom. The zero-order chi connectivity index (χ0) is 36.2. The molecular weight excluding hydrogens is 644 g/mol. The Morgan fingerprint density at radius 3 is 2.51 bits per heavy atom. The minimum absolute atomic E-state index is 0.00315. The Hall–Kier alpha value is -5.06. The van der Waals surface area contributed by atoms with Gasteiger partial charge in [0.1, 0.15) is 35.2 Å². The van der Waals surface area contributed by atoms with Crippen LogP contribution in [0.2, 0.25) is 0 Å². The second-order valence-corrected chi connectivity index (χ2v) is 15.8. The van der Waals surface area contributed by atoms with Crippen LogP contribution in [0.25, 0.3) is 44.2 Å². The Balaban J connectivity index is 1.13. The maximum Gasteiger partial charge on any atom is 0.410 e. The number of carbonyl (C=O) groups is 2. The largest absolute Gasteiger partial charge is 0.488 e. The summed E-state index contributed by atoms with van der Waals surface area (Å²) in [6.07, 6.45) is 3.84. The van der Waals surface area contributed by atoms with Gasteiger partial charge in [0, 0.05) is 23.5 Å². The number of carbonyl (C=O) groups excluding carboxylic acids is 2. The molecule has 0 bridgehead atoms. The SMILES string of the molecule is CCC[C@H](C)N(Cc1nc2c(ccc3cc4c(cc32)OCc2cc(-c3cnc(C5CCN5C(=O)OC(C)(C)C)[nH]3)ccc2-4)[nH]1)C(=O)OC(C)(C)C. The van der Waals surface area contributed by atoms with Crippen LogP contribution in [0, 0.1) is 0 Å². The highest BCUT2D eigenvalue weighted by molar-refractivity contribution is 6.07. The number of nitrogens with one attached hydrogen (secondary N) is 2. The van der Waals surface area contributed by atoms with Crippen LogP contribution in [0.1, 0.15) is 97.9 Å². The molecule has 2 atom stereocenters. The summed E-state index contributed by atoms with van der Waals surface area (Å²) in [7, 11) is 0. The number of ether oxygens (including phenoxy) is 3. The van der Waals surface area contributed by atoms with Gasteiger partial charge in [0.05, 0.1) is 35.5 Å². The monoisotopic (exact) mass is 692 g/mol. The van der Waals surface area contributed by atoms with Gasteiger partial charge in [0.25, 0.3) is 0 Å². The van der Waals surface area contributed by atoms with E-state index in [1.54, 1.807) is 9.80 Å². The van der Waals surface area contributed by atoms with Crippen molar-refractivity contribution in [3.63, 3.8) is 0 Å². The molecule has 7 rings (SSSR count). The van der Waals surface area contributed by atoms with Crippen LogP contribution in [0.4, 0.5) is 9.59 Å². The van der Waals surface area contributed by atoms with Crippen molar-refractivity contribution < 1.29 is 23.8 Å². The van der Waals surface area contributed by atoms with E-state index in [9.17, 15) is 9.59 Å². The fraction of sp³-hybridized carbons (Fsp3) is 0.450. The summed E-state index contributed by atoms with van der Waals surface area (Å²) in [6.45, 7) is 16.8. The smallest absolute Gasteiger partial charge is 0.410 e. The van der Waals surface area contributed by atoms with Crippen molar-refractivity contribution in [2.75, 3.05) is 6.54 Å². The average Bonchev–Trinajstić information content (AvgIpc) is 3.68. The number of aromatic nitrogens is 4. The molecular formula is C40H48N6O5. The van der Waals surface area contributed by atoms with E-state index in [4.69, 9.17) is 19.2 Å². The lowest BCUT2D eigenvalue weighted by Gasteiger charge is -2.40. The second-order valence-electron chi connectivity index (χ2n) is 15.8. The number of amides is 2. The predicted octanol–water partition coefficient (Wildman–Crippen LogP) is 9.27. The zero-order valence-electron chi connectivity index (χ0n) is 30.8. The maximum absolute atomic E-state index is 13.2. The van der Waals surface area contributed by atoms with Gasteiger partial charge in [-0.15, -0.1) is 0 Å². The Kier molecular flexibility index (Phi) is 8.71. The topological polar surface area (TPSA) is 126 Å². The Labute approximate surface area is 298 Å². The zero-order valence-corrected chi connectivity index (χ0v) is 30.8. The minimum atomic E-state index is -0.587. The van der Waals surface area contributed by atoms with Gasteiger partial charge in [-0.05, 0) is 108 Å². The lowest BCUT2D eigenvalue weighted by atomic mass is 9.92. The molecule has 1 unspecified atom stereocenters. The lowest BCUT2D eigenvalue weighted by Crippen LogP contribution is -2.47. The highest BCUT2D eigenvalue weighted by atomic mass is 16.6. The summed E-state index contributed by atoms with van der Waals surface area (Å²) in [5, 5.41) is 2.04. The minimum Gasteiger partial charge on any atom is -0.488 e. The molecule has 1 saturated heterocycles. The summed E-state index contributed by atoms with van der Waals surface area (Å²) in [6, 6.07) is 14.7. The number of fused-ring (bicyclic) bond motifs is 6. The number of rotatable bonds is 7. The number of benzene rings is 3. The van der Waals surface area contributed by atoms with E-state index < -0.39 is 11.2 Å². The number of hydrogen-bond acceptors (Lipinski definition) is 7. The van der Waals surface area contributed by atoms with Crippen molar-refractivity contribution in [2.24, 2.45) is 0 Å². The van der Waals surface area contributed by atoms with Crippen molar-refractivity contribution in [1.82, 2.24) is 29.7 Å². The van der Waals surface area contributed by atoms with E-state index in [-0.39, 0.29) is 24.3 Å². The molecule has 2 aromatic heterocycles. The average molecular weight is 693 g/mol. The van der Waals surface area contributed by atoms with Crippen molar-refractivity contribution in [3.8, 4) is 28.1 Å². The molecule has 0 spiro atoms. The normalized spacial score (nSPS) is 16.2. The first-order valence-corrected chi connectivity index (χ1v) is 17.9. The van der Waals surface area contributed by atoms with Gasteiger partial charge in [-0.25, -0.2) is 19.6 Å². The molecule has 5 aromatic rings. The standard InChI is InChI=1S/C40H48N6O5/c1-9-10-23(2)46(38(48)51-40(6,7)8)21-34-42-30-14-12-24-18-29-27-13-11-25(17-26(27)22-49-33(29)19-28(24)35(30)44-34)31-20-41-36(43-31)32-15-16-45(32)37(47)50-39(3,4)5/h11-14,17-20,23,32H,9-10,15-16,21-22H2,1-8H3,(H,41,43)(H,42,44)/t23-,32?/m0/s1. The molecule has 0 saturated carbocycles. The summed E-state index contributed by atoms with van der Waals surface area (Å²) >= 11 is 0. The van der Waals surface area contributed by atoms with Crippen LogP contribution in [0.5, 0.6) is 5.75 Å². The van der Waals surface area contributed by atoms with E-state index in [2.05, 4.69) is 65.2 Å². The summed E-state index contributed by atoms with van der Waals surface area (Å²) in [5.74, 6) is 2.27. The summed E-state index contributed by atoms with van der Waals surface area (Å²) < 4.78 is 17.7. The fourth-order valence-electron chi connectivity index (χ4n) is 6.90. The van der Waals surface area contributed by atoms with E-state index in [0.29, 0.717) is 25.5 Å². The van der Waals surface area contributed by atoms with E-state index in [1.807, 2.05) is 53.8 Å². The van der Waals surface area contributed by atoms with Gasteiger partial charge in [-0.1, -0.05) is 31.5 Å². The van der Waals surface area contributed by atoms with Gasteiger partial charge in [0.15, 0.2) is 0 Å². The van der Waals surface area contributed by atoms with Crippen LogP contribution >= 0.6 is 0 Å². The van der Waals surface area contributed by atoms with Gasteiger partial charge in [-0.2, -0.15) is 0 Å². The van der Waals surface area contributed by atoms with Gasteiger partial charge in [-0.3, -0.25) is 9.80 Å². The third-order valence-corrected chi connectivity index (χ3v) is 9.45. The third-order valence-electron chi connectivity index (χ3n) is 9.45. The number of imidazole rings is 2. The second kappa shape index (κ2) is 12.9. The Morgan fingerprint density at radius 2 is 1.80 bits per heavy atom. The number of hydrogen-bond donors (Lipinski definition) is 2. The molecule has 2 aliphatic heterocycles.